The average molecular weight is 343 g/mol. The molecule has 2 bridgehead atoms. The molecule has 4 atom stereocenters. The van der Waals surface area contributed by atoms with Crippen LogP contribution in [-0.4, -0.2) is 18.8 Å². The van der Waals surface area contributed by atoms with Crippen LogP contribution < -0.4 is 0 Å². The highest BCUT2D eigenvalue weighted by atomic mass is 32.2. The number of ether oxygens (including phenoxy) is 1. The number of allylic oxidation sites excluding steroid dienone is 2. The number of benzene rings is 1. The summed E-state index contributed by atoms with van der Waals surface area (Å²) >= 11 is 1.93. The van der Waals surface area contributed by atoms with E-state index in [9.17, 15) is 4.79 Å². The van der Waals surface area contributed by atoms with Crippen LogP contribution >= 0.6 is 11.8 Å². The Balaban J connectivity index is 1.88. The summed E-state index contributed by atoms with van der Waals surface area (Å²) in [5.74, 6) is 1.47. The Morgan fingerprint density at radius 2 is 1.92 bits per heavy atom. The van der Waals surface area contributed by atoms with Crippen LogP contribution in [0.5, 0.6) is 0 Å². The molecular weight excluding hydrogens is 316 g/mol. The predicted octanol–water partition coefficient (Wildman–Crippen LogP) is 5.02. The highest BCUT2D eigenvalue weighted by Crippen LogP contribution is 2.73. The maximum atomic E-state index is 12.5. The molecule has 1 aromatic rings. The van der Waals surface area contributed by atoms with Gasteiger partial charge in [0.15, 0.2) is 0 Å². The van der Waals surface area contributed by atoms with Crippen molar-refractivity contribution in [3.63, 3.8) is 0 Å². The van der Waals surface area contributed by atoms with Crippen molar-refractivity contribution in [3.05, 3.63) is 46.4 Å². The molecule has 0 unspecified atom stereocenters. The average Bonchev–Trinajstić information content (AvgIpc) is 2.93. The molecule has 24 heavy (non-hydrogen) atoms. The van der Waals surface area contributed by atoms with Crippen molar-refractivity contribution in [3.8, 4) is 0 Å². The van der Waals surface area contributed by atoms with E-state index in [1.54, 1.807) is 10.5 Å². The van der Waals surface area contributed by atoms with E-state index in [4.69, 9.17) is 4.74 Å². The number of carbonyl (C=O) groups excluding carboxylic acids is 1. The Hall–Kier alpha value is -1.22. The first-order valence-electron chi connectivity index (χ1n) is 8.92. The number of esters is 1. The van der Waals surface area contributed by atoms with Gasteiger partial charge in [-0.05, 0) is 40.2 Å². The van der Waals surface area contributed by atoms with Gasteiger partial charge in [0.05, 0.1) is 13.0 Å². The highest BCUT2D eigenvalue weighted by Gasteiger charge is 2.63. The summed E-state index contributed by atoms with van der Waals surface area (Å²) in [5.41, 5.74) is 3.37. The molecule has 0 amide bonds. The molecule has 3 heteroatoms. The number of hydrogen-bond acceptors (Lipinski definition) is 3. The van der Waals surface area contributed by atoms with Crippen molar-refractivity contribution in [1.29, 1.82) is 0 Å². The summed E-state index contributed by atoms with van der Waals surface area (Å²) in [6.07, 6.45) is 2.53. The first-order chi connectivity index (χ1) is 11.4. The number of carbonyl (C=O) groups is 1. The zero-order valence-corrected chi connectivity index (χ0v) is 15.8. The van der Waals surface area contributed by atoms with Crippen LogP contribution in [0.4, 0.5) is 0 Å². The smallest absolute Gasteiger partial charge is 0.310 e. The van der Waals surface area contributed by atoms with Crippen molar-refractivity contribution < 1.29 is 9.53 Å². The fraction of sp³-hybridized carbons (Fsp3) is 0.571. The van der Waals surface area contributed by atoms with Crippen LogP contribution in [0.25, 0.3) is 0 Å². The van der Waals surface area contributed by atoms with E-state index in [1.807, 2.05) is 11.8 Å². The van der Waals surface area contributed by atoms with Gasteiger partial charge in [0.1, 0.15) is 0 Å². The van der Waals surface area contributed by atoms with Crippen LogP contribution in [0, 0.1) is 22.7 Å². The summed E-state index contributed by atoms with van der Waals surface area (Å²) in [5, 5.41) is 0. The molecule has 1 heterocycles. The number of fused-ring (bicyclic) bond motifs is 4. The summed E-state index contributed by atoms with van der Waals surface area (Å²) in [7, 11) is 1.52. The van der Waals surface area contributed by atoms with Crippen molar-refractivity contribution in [2.75, 3.05) is 12.9 Å². The molecule has 3 aliphatic rings. The first kappa shape index (κ1) is 16.3. The van der Waals surface area contributed by atoms with Crippen LogP contribution in [0.3, 0.4) is 0 Å². The number of hydrogen-bond donors (Lipinski definition) is 0. The lowest BCUT2D eigenvalue weighted by atomic mass is 9.69. The third kappa shape index (κ3) is 1.94. The minimum atomic E-state index is -0.0695. The van der Waals surface area contributed by atoms with Crippen LogP contribution in [0.1, 0.15) is 45.1 Å². The maximum Gasteiger partial charge on any atom is 0.310 e. The second kappa shape index (κ2) is 5.39. The molecule has 1 aromatic carbocycles. The Morgan fingerprint density at radius 1 is 1.21 bits per heavy atom. The summed E-state index contributed by atoms with van der Waals surface area (Å²) in [6.45, 7) is 7.31. The van der Waals surface area contributed by atoms with E-state index in [-0.39, 0.29) is 28.6 Å². The third-order valence-electron chi connectivity index (χ3n) is 7.17. The van der Waals surface area contributed by atoms with Gasteiger partial charge in [-0.1, -0.05) is 51.1 Å². The second-order valence-electron chi connectivity index (χ2n) is 8.26. The molecular formula is C21H26O2S. The lowest BCUT2D eigenvalue weighted by molar-refractivity contribution is -0.145. The Kier molecular flexibility index (Phi) is 3.65. The van der Waals surface area contributed by atoms with Crippen molar-refractivity contribution in [2.45, 2.75) is 39.5 Å². The highest BCUT2D eigenvalue weighted by molar-refractivity contribution is 8.03. The number of thioether (sulfide) groups is 1. The molecule has 0 radical (unpaired) electrons. The lowest BCUT2D eigenvalue weighted by Crippen LogP contribution is -2.32. The van der Waals surface area contributed by atoms with Crippen LogP contribution in [0.15, 0.2) is 40.8 Å². The fourth-order valence-corrected chi connectivity index (χ4v) is 7.24. The standard InChI is InChI=1S/C21H26O2S/c1-20(2)15-10-11-21(20,3)18-17(15)16(13-8-6-5-7-9-13)14(12-24-18)19(22)23-4/h5-9,14-16H,10-12H2,1-4H3/t14-,15+,16+,21-/m0/s1. The molecule has 0 spiro atoms. The van der Waals surface area contributed by atoms with E-state index in [0.717, 1.165) is 5.75 Å². The van der Waals surface area contributed by atoms with Gasteiger partial charge in [-0.3, -0.25) is 4.79 Å². The van der Waals surface area contributed by atoms with E-state index in [1.165, 1.54) is 25.5 Å². The third-order valence-corrected chi connectivity index (χ3v) is 8.67. The van der Waals surface area contributed by atoms with Crippen LogP contribution in [0.2, 0.25) is 0 Å². The predicted molar refractivity (Wildman–Crippen MR) is 98.8 cm³/mol. The van der Waals surface area contributed by atoms with Gasteiger partial charge in [-0.25, -0.2) is 0 Å². The molecule has 128 valence electrons. The molecule has 0 aromatic heterocycles. The number of rotatable bonds is 2. The quantitative estimate of drug-likeness (QED) is 0.706. The van der Waals surface area contributed by atoms with Gasteiger partial charge in [0.2, 0.25) is 0 Å². The minimum absolute atomic E-state index is 0.0614. The van der Waals surface area contributed by atoms with Crippen molar-refractivity contribution >= 4 is 17.7 Å². The number of methoxy groups -OCH3 is 1. The van der Waals surface area contributed by atoms with Gasteiger partial charge in [0.25, 0.3) is 0 Å². The van der Waals surface area contributed by atoms with Gasteiger partial charge < -0.3 is 4.74 Å². The largest absolute Gasteiger partial charge is 0.469 e. The van der Waals surface area contributed by atoms with E-state index in [0.29, 0.717) is 5.92 Å². The molecule has 1 aliphatic heterocycles. The van der Waals surface area contributed by atoms with Gasteiger partial charge in [0, 0.05) is 17.1 Å². The SMILES string of the molecule is COC(=O)[C@H]1CSC2=C([C@@H]1c1ccccc1)[C@H]1CC[C@]2(C)C1(C)C. The zero-order chi connectivity index (χ0) is 17.1. The minimum Gasteiger partial charge on any atom is -0.469 e. The molecule has 0 saturated heterocycles. The van der Waals surface area contributed by atoms with E-state index < -0.39 is 0 Å². The van der Waals surface area contributed by atoms with Gasteiger partial charge >= 0.3 is 5.97 Å². The Morgan fingerprint density at radius 3 is 2.58 bits per heavy atom. The topological polar surface area (TPSA) is 26.3 Å². The summed E-state index contributed by atoms with van der Waals surface area (Å²) < 4.78 is 5.17. The lowest BCUT2D eigenvalue weighted by Gasteiger charge is -2.39. The van der Waals surface area contributed by atoms with Crippen molar-refractivity contribution in [2.24, 2.45) is 22.7 Å². The van der Waals surface area contributed by atoms with Gasteiger partial charge in [-0.2, -0.15) is 0 Å². The molecule has 0 N–H and O–H groups in total. The van der Waals surface area contributed by atoms with E-state index >= 15 is 0 Å². The maximum absolute atomic E-state index is 12.5. The fourth-order valence-electron chi connectivity index (χ4n) is 5.44. The first-order valence-corrected chi connectivity index (χ1v) is 9.90. The van der Waals surface area contributed by atoms with Crippen LogP contribution in [-0.2, 0) is 9.53 Å². The molecule has 4 rings (SSSR count). The monoisotopic (exact) mass is 342 g/mol. The normalized spacial score (nSPS) is 36.6. The second-order valence-corrected chi connectivity index (χ2v) is 9.29. The molecule has 1 saturated carbocycles. The Labute approximate surface area is 149 Å². The Bertz CT molecular complexity index is 706. The zero-order valence-electron chi connectivity index (χ0n) is 15.0. The summed E-state index contributed by atoms with van der Waals surface area (Å²) in [6, 6.07) is 10.6. The van der Waals surface area contributed by atoms with Gasteiger partial charge in [-0.15, -0.1) is 11.8 Å². The molecule has 2 nitrogen and oxygen atoms in total. The van der Waals surface area contributed by atoms with Crippen molar-refractivity contribution in [1.82, 2.24) is 0 Å². The summed E-state index contributed by atoms with van der Waals surface area (Å²) in [4.78, 5) is 14.1. The molecule has 2 aliphatic carbocycles. The molecule has 1 fully saturated rings. The van der Waals surface area contributed by atoms with E-state index in [2.05, 4.69) is 51.1 Å².